The highest BCUT2D eigenvalue weighted by Crippen LogP contribution is 2.24. The van der Waals surface area contributed by atoms with E-state index < -0.39 is 0 Å². The smallest absolute Gasteiger partial charge is 0.272 e. The van der Waals surface area contributed by atoms with E-state index in [-0.39, 0.29) is 16.7 Å². The number of nitrogens with two attached hydrogens (primary N) is 1. The van der Waals surface area contributed by atoms with Gasteiger partial charge in [-0.25, -0.2) is 0 Å². The van der Waals surface area contributed by atoms with E-state index in [2.05, 4.69) is 0 Å². The third-order valence-electron chi connectivity index (χ3n) is 3.17. The molecule has 1 atom stereocenters. The highest BCUT2D eigenvalue weighted by molar-refractivity contribution is 7.98. The van der Waals surface area contributed by atoms with E-state index >= 15 is 0 Å². The summed E-state index contributed by atoms with van der Waals surface area (Å²) >= 11 is 1.67. The first-order chi connectivity index (χ1) is 9.61. The molecule has 0 saturated carbocycles. The Balaban J connectivity index is 2.18. The number of nitro groups is 1. The lowest BCUT2D eigenvalue weighted by Crippen LogP contribution is -2.14. The molecule has 0 amide bonds. The minimum Gasteiger partial charge on any atom is -0.324 e. The molecule has 0 spiro atoms. The summed E-state index contributed by atoms with van der Waals surface area (Å²) in [6.07, 6.45) is 2.47. The van der Waals surface area contributed by atoms with Crippen molar-refractivity contribution >= 4 is 17.4 Å². The van der Waals surface area contributed by atoms with Gasteiger partial charge in [0.2, 0.25) is 0 Å². The van der Waals surface area contributed by atoms with Crippen LogP contribution >= 0.6 is 11.8 Å². The summed E-state index contributed by atoms with van der Waals surface area (Å²) in [5, 5.41) is 11.0. The van der Waals surface area contributed by atoms with Gasteiger partial charge in [0, 0.05) is 22.6 Å². The molecule has 1 unspecified atom stereocenters. The van der Waals surface area contributed by atoms with Gasteiger partial charge in [0.15, 0.2) is 0 Å². The number of thioether (sulfide) groups is 1. The Labute approximate surface area is 122 Å². The Morgan fingerprint density at radius 3 is 2.45 bits per heavy atom. The predicted octanol–water partition coefficient (Wildman–Crippen LogP) is 3.56. The van der Waals surface area contributed by atoms with Gasteiger partial charge in [-0.3, -0.25) is 10.1 Å². The van der Waals surface area contributed by atoms with Crippen molar-refractivity contribution in [2.45, 2.75) is 17.4 Å². The van der Waals surface area contributed by atoms with Crippen molar-refractivity contribution in [1.82, 2.24) is 0 Å². The lowest BCUT2D eigenvalue weighted by Gasteiger charge is -2.12. The largest absolute Gasteiger partial charge is 0.324 e. The average Bonchev–Trinajstić information content (AvgIpc) is 2.47. The number of benzene rings is 2. The van der Waals surface area contributed by atoms with Gasteiger partial charge in [0.05, 0.1) is 4.92 Å². The van der Waals surface area contributed by atoms with Gasteiger partial charge in [-0.05, 0) is 30.4 Å². The molecule has 0 aliphatic heterocycles. The van der Waals surface area contributed by atoms with Gasteiger partial charge in [0.25, 0.3) is 5.69 Å². The van der Waals surface area contributed by atoms with Crippen LogP contribution in [-0.2, 0) is 6.42 Å². The number of rotatable bonds is 5. The van der Waals surface area contributed by atoms with Crippen molar-refractivity contribution in [2.24, 2.45) is 5.73 Å². The SMILES string of the molecule is CSc1ccc(C(N)Cc2ccccc2[N+](=O)[O-])cc1. The van der Waals surface area contributed by atoms with Gasteiger partial charge in [-0.2, -0.15) is 0 Å². The fourth-order valence-electron chi connectivity index (χ4n) is 2.07. The van der Waals surface area contributed by atoms with Crippen molar-refractivity contribution in [2.75, 3.05) is 6.26 Å². The highest BCUT2D eigenvalue weighted by Gasteiger charge is 2.16. The topological polar surface area (TPSA) is 69.2 Å². The molecule has 2 N–H and O–H groups in total. The lowest BCUT2D eigenvalue weighted by molar-refractivity contribution is -0.385. The molecule has 0 aliphatic rings. The number of para-hydroxylation sites is 1. The van der Waals surface area contributed by atoms with Gasteiger partial charge in [0.1, 0.15) is 0 Å². The summed E-state index contributed by atoms with van der Waals surface area (Å²) in [5.41, 5.74) is 7.94. The summed E-state index contributed by atoms with van der Waals surface area (Å²) < 4.78 is 0. The molecular formula is C15H16N2O2S. The summed E-state index contributed by atoms with van der Waals surface area (Å²) in [5.74, 6) is 0. The van der Waals surface area contributed by atoms with Crippen LogP contribution in [0, 0.1) is 10.1 Å². The molecule has 20 heavy (non-hydrogen) atoms. The summed E-state index contributed by atoms with van der Waals surface area (Å²) in [6.45, 7) is 0. The fourth-order valence-corrected chi connectivity index (χ4v) is 2.48. The number of nitrogens with zero attached hydrogens (tertiary/aromatic N) is 1. The zero-order valence-electron chi connectivity index (χ0n) is 11.2. The number of hydrogen-bond donors (Lipinski definition) is 1. The van der Waals surface area contributed by atoms with Crippen LogP contribution in [0.1, 0.15) is 17.2 Å². The maximum atomic E-state index is 11.0. The molecule has 0 saturated heterocycles. The Morgan fingerprint density at radius 2 is 1.85 bits per heavy atom. The molecule has 2 aromatic carbocycles. The van der Waals surface area contributed by atoms with Crippen LogP contribution in [0.4, 0.5) is 5.69 Å². The first kappa shape index (κ1) is 14.6. The predicted molar refractivity (Wildman–Crippen MR) is 82.0 cm³/mol. The van der Waals surface area contributed by atoms with E-state index in [1.165, 1.54) is 11.0 Å². The van der Waals surface area contributed by atoms with Gasteiger partial charge in [-0.15, -0.1) is 11.8 Å². The van der Waals surface area contributed by atoms with Crippen LogP contribution in [0.3, 0.4) is 0 Å². The standard InChI is InChI=1S/C15H16N2O2S/c1-20-13-8-6-11(7-9-13)14(16)10-12-4-2-3-5-15(12)17(18)19/h2-9,14H,10,16H2,1H3. The zero-order valence-corrected chi connectivity index (χ0v) is 12.0. The lowest BCUT2D eigenvalue weighted by atomic mass is 9.99. The molecule has 0 heterocycles. The van der Waals surface area contributed by atoms with Gasteiger partial charge in [-0.1, -0.05) is 30.3 Å². The Kier molecular flexibility index (Phi) is 4.76. The molecule has 0 bridgehead atoms. The molecule has 2 aromatic rings. The van der Waals surface area contributed by atoms with E-state index in [1.54, 1.807) is 30.0 Å². The van der Waals surface area contributed by atoms with Crippen molar-refractivity contribution < 1.29 is 4.92 Å². The van der Waals surface area contributed by atoms with Crippen LogP contribution in [0.2, 0.25) is 0 Å². The second-order valence-electron chi connectivity index (χ2n) is 4.47. The second kappa shape index (κ2) is 6.54. The maximum Gasteiger partial charge on any atom is 0.272 e. The number of hydrogen-bond acceptors (Lipinski definition) is 4. The van der Waals surface area contributed by atoms with Crippen molar-refractivity contribution in [1.29, 1.82) is 0 Å². The molecule has 0 aliphatic carbocycles. The maximum absolute atomic E-state index is 11.0. The summed E-state index contributed by atoms with van der Waals surface area (Å²) in [4.78, 5) is 11.8. The molecule has 0 aromatic heterocycles. The molecule has 4 nitrogen and oxygen atoms in total. The molecule has 0 fully saturated rings. The van der Waals surface area contributed by atoms with E-state index in [1.807, 2.05) is 30.5 Å². The molecule has 104 valence electrons. The van der Waals surface area contributed by atoms with Crippen molar-refractivity contribution in [3.8, 4) is 0 Å². The van der Waals surface area contributed by atoms with E-state index in [4.69, 9.17) is 5.73 Å². The first-order valence-electron chi connectivity index (χ1n) is 6.23. The molecule has 5 heteroatoms. The summed E-state index contributed by atoms with van der Waals surface area (Å²) in [6, 6.07) is 14.5. The fraction of sp³-hybridized carbons (Fsp3) is 0.200. The Bertz CT molecular complexity index is 599. The second-order valence-corrected chi connectivity index (χ2v) is 5.35. The quantitative estimate of drug-likeness (QED) is 0.519. The third kappa shape index (κ3) is 3.37. The van der Waals surface area contributed by atoms with Crippen LogP contribution in [0.25, 0.3) is 0 Å². The van der Waals surface area contributed by atoms with Crippen molar-refractivity contribution in [3.63, 3.8) is 0 Å². The molecule has 2 rings (SSSR count). The van der Waals surface area contributed by atoms with Crippen LogP contribution in [-0.4, -0.2) is 11.2 Å². The normalized spacial score (nSPS) is 12.1. The van der Waals surface area contributed by atoms with Crippen molar-refractivity contribution in [3.05, 3.63) is 69.8 Å². The minimum atomic E-state index is -0.362. The molecular weight excluding hydrogens is 272 g/mol. The van der Waals surface area contributed by atoms with Crippen LogP contribution in [0.15, 0.2) is 53.4 Å². The van der Waals surface area contributed by atoms with E-state index in [0.717, 1.165) is 5.56 Å². The van der Waals surface area contributed by atoms with E-state index in [0.29, 0.717) is 12.0 Å². The summed E-state index contributed by atoms with van der Waals surface area (Å²) in [7, 11) is 0. The van der Waals surface area contributed by atoms with E-state index in [9.17, 15) is 10.1 Å². The van der Waals surface area contributed by atoms with Gasteiger partial charge >= 0.3 is 0 Å². The molecule has 0 radical (unpaired) electrons. The zero-order chi connectivity index (χ0) is 14.5. The van der Waals surface area contributed by atoms with Gasteiger partial charge < -0.3 is 5.73 Å². The monoisotopic (exact) mass is 288 g/mol. The highest BCUT2D eigenvalue weighted by atomic mass is 32.2. The first-order valence-corrected chi connectivity index (χ1v) is 7.46. The number of nitro benzene ring substituents is 1. The third-order valence-corrected chi connectivity index (χ3v) is 3.92. The Morgan fingerprint density at radius 1 is 1.20 bits per heavy atom. The van der Waals surface area contributed by atoms with Crippen LogP contribution < -0.4 is 5.73 Å². The minimum absolute atomic E-state index is 0.128. The Hall–Kier alpha value is -1.85. The van der Waals surface area contributed by atoms with Crippen LogP contribution in [0.5, 0.6) is 0 Å². The average molecular weight is 288 g/mol.